The molecule has 19 aromatic rings. The van der Waals surface area contributed by atoms with Gasteiger partial charge in [0.05, 0.1) is 33.8 Å². The van der Waals surface area contributed by atoms with E-state index in [1.165, 1.54) is 163 Å². The molecule has 0 unspecified atom stereocenters. The summed E-state index contributed by atoms with van der Waals surface area (Å²) in [6.45, 7) is 20.7. The monoisotopic (exact) mass is 2350 g/mol. The number of rotatable bonds is 10. The minimum Gasteiger partial charge on any atom is -0.512 e. The number of aromatic amines is 1. The van der Waals surface area contributed by atoms with Crippen LogP contribution in [-0.4, -0.2) is 46.7 Å². The van der Waals surface area contributed by atoms with Gasteiger partial charge in [0.15, 0.2) is 30.0 Å². The molecule has 0 fully saturated rings. The first-order valence-corrected chi connectivity index (χ1v) is 44.5. The smallest absolute Gasteiger partial charge is 0.381 e. The number of carbonyl (C=O) groups is 2. The normalized spacial score (nSPS) is 11.7. The van der Waals surface area contributed by atoms with Gasteiger partial charge in [0, 0.05) is 131 Å². The molecule has 0 atom stereocenters. The molecule has 6 aromatic heterocycles. The maximum atomic E-state index is 12.5. The van der Waals surface area contributed by atoms with Gasteiger partial charge in [-0.05, 0) is 198 Å². The van der Waals surface area contributed by atoms with E-state index in [0.717, 1.165) is 81.3 Å². The number of anilines is 3. The van der Waals surface area contributed by atoms with Crippen LogP contribution in [0.1, 0.15) is 91.6 Å². The fourth-order valence-electron chi connectivity index (χ4n) is 17.0. The Bertz CT molecular complexity index is 7380. The number of H-pyrrole nitrogens is 1. The number of halogens is 3. The SMILES string of the molecule is CC(=O)C=C(C)O.CC(=O)C=C(C)O.CC1(C)c2ccc[c-]c2-c2nccc3cccc1c23.Cc1ccc(-c2[c-]cccc2)nc1.Cc1cccc(-c2cccc3c2-c2[nH]c(-c4c(C)cccc4C)c[n+]2C3)c1.FC(F)(F)c1c[c-]c(-c2ccc3ccccc3n2)cc1.[Ir].[Ir].[Ir].[c-]1ccccc1-c1nccc2ccccc12.c1ccc(N(c2ccccc2)c2cc[n+]3c(c2)-c2ccccc2C3)cc1. The number of alkyl halides is 3. The number of aliphatic hydroxyl groups is 2. The predicted molar refractivity (Wildman–Crippen MR) is 539 cm³/mol. The van der Waals surface area contributed by atoms with E-state index < -0.39 is 11.7 Å². The number of ketones is 2. The van der Waals surface area contributed by atoms with Gasteiger partial charge in [-0.3, -0.25) is 14.6 Å². The van der Waals surface area contributed by atoms with Crippen LogP contribution in [0.15, 0.2) is 400 Å². The Morgan fingerprint density at radius 2 is 1.03 bits per heavy atom. The average Bonchev–Trinajstić information content (AvgIpc) is 1.03. The number of benzene rings is 13. The first-order valence-electron chi connectivity index (χ1n) is 44.5. The number of aliphatic hydroxyl groups excluding tert-OH is 2. The molecule has 0 amide bonds. The van der Waals surface area contributed by atoms with Crippen molar-refractivity contribution in [3.63, 3.8) is 0 Å². The molecule has 3 N–H and O–H groups in total. The van der Waals surface area contributed by atoms with Crippen molar-refractivity contribution in [2.75, 3.05) is 4.90 Å². The fraction of sp³-hybridized carbons (Fsp3) is 0.117. The first-order chi connectivity index (χ1) is 65.3. The number of carbonyl (C=O) groups excluding carboxylic acids is 2. The van der Waals surface area contributed by atoms with Gasteiger partial charge in [-0.15, -0.1) is 137 Å². The molecular weight excluding hydrogens is 2250 g/mol. The summed E-state index contributed by atoms with van der Waals surface area (Å²) < 4.78 is 42.2. The quantitative estimate of drug-likeness (QED) is 0.0526. The number of hydrogen-bond donors (Lipinski definition) is 3. The number of aromatic nitrogens is 7. The van der Waals surface area contributed by atoms with E-state index in [4.69, 9.17) is 10.2 Å². The summed E-state index contributed by atoms with van der Waals surface area (Å²) in [5, 5.41) is 22.6. The molecule has 0 bridgehead atoms. The second-order valence-corrected chi connectivity index (χ2v) is 33.7. The van der Waals surface area contributed by atoms with Crippen molar-refractivity contribution in [2.45, 2.75) is 93.9 Å². The molecule has 2 aliphatic heterocycles. The van der Waals surface area contributed by atoms with E-state index in [-0.39, 0.29) is 88.8 Å². The third kappa shape index (κ3) is 25.1. The summed E-state index contributed by atoms with van der Waals surface area (Å²) in [6, 6.07) is 128. The molecule has 22 rings (SSSR count). The summed E-state index contributed by atoms with van der Waals surface area (Å²) in [6.07, 6.45) is 8.07. The second-order valence-electron chi connectivity index (χ2n) is 33.7. The number of imidazole rings is 1. The summed E-state index contributed by atoms with van der Waals surface area (Å²) in [5.74, 6) is 1.08. The van der Waals surface area contributed by atoms with Crippen molar-refractivity contribution in [3.05, 3.63) is 475 Å². The van der Waals surface area contributed by atoms with Gasteiger partial charge in [-0.25, -0.2) is 9.55 Å². The average molecular weight is 2350 g/mol. The summed E-state index contributed by atoms with van der Waals surface area (Å²) in [4.78, 5) is 43.9. The maximum Gasteiger partial charge on any atom is 0.381 e. The zero-order valence-corrected chi connectivity index (χ0v) is 85.0. The van der Waals surface area contributed by atoms with E-state index in [0.29, 0.717) is 11.3 Å². The van der Waals surface area contributed by atoms with Crippen LogP contribution >= 0.6 is 0 Å². The van der Waals surface area contributed by atoms with Crippen LogP contribution in [0.2, 0.25) is 0 Å². The number of fused-ring (bicyclic) bond motifs is 10. The van der Waals surface area contributed by atoms with Crippen LogP contribution in [0.3, 0.4) is 0 Å². The van der Waals surface area contributed by atoms with Gasteiger partial charge in [0.1, 0.15) is 12.7 Å². The Hall–Kier alpha value is -14.4. The van der Waals surface area contributed by atoms with Crippen molar-refractivity contribution in [1.29, 1.82) is 0 Å². The van der Waals surface area contributed by atoms with Crippen molar-refractivity contribution < 1.29 is 102 Å². The molecule has 0 saturated carbocycles. The first kappa shape index (κ1) is 103. The second kappa shape index (κ2) is 47.4. The van der Waals surface area contributed by atoms with E-state index in [2.05, 4.69) is 323 Å². The summed E-state index contributed by atoms with van der Waals surface area (Å²) in [7, 11) is 0. The molecule has 8 heterocycles. The van der Waals surface area contributed by atoms with Crippen molar-refractivity contribution >= 4 is 61.1 Å². The minimum atomic E-state index is -4.34. The number of aryl methyl sites for hydroxylation is 4. The Labute approximate surface area is 845 Å². The zero-order valence-electron chi connectivity index (χ0n) is 77.8. The van der Waals surface area contributed by atoms with Crippen LogP contribution in [0.25, 0.3) is 123 Å². The zero-order chi connectivity index (χ0) is 94.7. The Morgan fingerprint density at radius 1 is 0.464 bits per heavy atom. The molecule has 3 radical (unpaired) electrons. The fourth-order valence-corrected chi connectivity index (χ4v) is 17.0. The van der Waals surface area contributed by atoms with Gasteiger partial charge in [0.25, 0.3) is 5.82 Å². The number of para-hydroxylation sites is 3. The van der Waals surface area contributed by atoms with Crippen LogP contribution < -0.4 is 14.0 Å². The van der Waals surface area contributed by atoms with Crippen LogP contribution in [-0.2, 0) is 94.6 Å². The molecule has 18 heteroatoms. The largest absolute Gasteiger partial charge is 0.512 e. The van der Waals surface area contributed by atoms with Crippen LogP contribution in [0.5, 0.6) is 0 Å². The number of nitrogens with one attached hydrogen (secondary N) is 1. The van der Waals surface area contributed by atoms with Gasteiger partial charge < -0.3 is 30.1 Å². The molecule has 12 nitrogen and oxygen atoms in total. The number of allylic oxidation sites excluding steroid dienone is 4. The number of nitrogens with zero attached hydrogens (tertiary/aromatic N) is 7. The minimum absolute atomic E-state index is 0. The van der Waals surface area contributed by atoms with Gasteiger partial charge >= 0.3 is 6.18 Å². The van der Waals surface area contributed by atoms with Crippen molar-refractivity contribution in [3.8, 4) is 90.1 Å². The van der Waals surface area contributed by atoms with E-state index in [9.17, 15) is 22.8 Å². The van der Waals surface area contributed by atoms with Gasteiger partial charge in [0.2, 0.25) is 5.69 Å². The van der Waals surface area contributed by atoms with Gasteiger partial charge in [-0.1, -0.05) is 220 Å². The van der Waals surface area contributed by atoms with E-state index in [1.54, 1.807) is 6.07 Å². The topological polar surface area (TPSA) is 153 Å². The van der Waals surface area contributed by atoms with Crippen molar-refractivity contribution in [2.24, 2.45) is 0 Å². The Balaban J connectivity index is 0.000000146. The number of hydrogen-bond acceptors (Lipinski definition) is 9. The third-order valence-electron chi connectivity index (χ3n) is 23.2. The van der Waals surface area contributed by atoms with Crippen LogP contribution in [0.4, 0.5) is 30.2 Å². The molecule has 695 valence electrons. The van der Waals surface area contributed by atoms with Gasteiger partial charge in [-0.2, -0.15) is 17.7 Å². The Morgan fingerprint density at radius 3 is 1.67 bits per heavy atom. The maximum absolute atomic E-state index is 12.5. The molecule has 138 heavy (non-hydrogen) atoms. The standard InChI is InChI=1S/C25H22N2.C24H19N2.C18H14N.C16H9F3N.C15H10N.C12H10N.2C5H8O2.3Ir/c1-16-7-4-10-19(13-16)21-12-6-11-20-14-27-15-22(26-25(27)24(20)21)23-17(2)8-5-9-18(23)3;1-3-10-20(11-4-1)26(21-12-5-2-6-13-21)22-15-16-25-18-19-9-7-8-14-23(19)24(25)17-22;1-18(2)14-8-4-3-7-13(14)17-16-12(10-11-19-17)6-5-9-15(16)18;17-16(18,19)13-8-5-12(6-9-13)15-10-7-11-3-1-2-4-14(11)20-15;1-2-7-13(8-3-1)15-14-9-5-4-6-12(14)10-11-16-15;1-10-7-8-12(13-9-10)11-5-3-2-4-6-11;2*1-4(6)3-5(2)7;;;/h4-13,15H,14H2,1-3H3;1-17H,18H2;3-6,8-11H,1-2H3;1-5,7-10H;1-7,9-11H;2-5,7-9H,1H3;2*3,6H,1-2H3;;;/q;+1;4*-1;;;;;/p+1. The van der Waals surface area contributed by atoms with E-state index in [1.807, 2.05) is 135 Å². The summed E-state index contributed by atoms with van der Waals surface area (Å²) in [5.41, 5.74) is 30.6. The predicted octanol–water partition coefficient (Wildman–Crippen LogP) is 28.8. The molecule has 13 aromatic carbocycles. The molecule has 3 aliphatic rings. The van der Waals surface area contributed by atoms with Crippen LogP contribution in [0, 0.1) is 52.0 Å². The number of pyridine rings is 5. The van der Waals surface area contributed by atoms with Crippen molar-refractivity contribution in [1.82, 2.24) is 24.9 Å². The Kier molecular flexibility index (Phi) is 35.2. The molecular formula is C120H101F3Ir3N8O4-2. The molecule has 1 aliphatic carbocycles. The molecule has 0 saturated heterocycles. The third-order valence-corrected chi connectivity index (χ3v) is 23.2. The summed E-state index contributed by atoms with van der Waals surface area (Å²) >= 11 is 0. The molecule has 0 spiro atoms. The van der Waals surface area contributed by atoms with E-state index >= 15 is 0 Å².